The average molecular weight is 449 g/mol. The van der Waals surface area contributed by atoms with Gasteiger partial charge in [-0.2, -0.15) is 12.6 Å². The minimum absolute atomic E-state index is 0.0718. The van der Waals surface area contributed by atoms with E-state index in [0.717, 1.165) is 0 Å². The van der Waals surface area contributed by atoms with Gasteiger partial charge in [-0.25, -0.2) is 0 Å². The Morgan fingerprint density at radius 3 is 2.27 bits per heavy atom. The number of amides is 4. The van der Waals surface area contributed by atoms with Crippen molar-refractivity contribution in [3.8, 4) is 0 Å². The first-order valence-electron chi connectivity index (χ1n) is 8.88. The van der Waals surface area contributed by atoms with Gasteiger partial charge in [0.05, 0.1) is 6.61 Å². The van der Waals surface area contributed by atoms with Crippen LogP contribution in [0, 0.1) is 0 Å². The molecular weight excluding hydrogens is 422 g/mol. The van der Waals surface area contributed by atoms with Crippen molar-refractivity contribution in [2.24, 2.45) is 11.5 Å². The summed E-state index contributed by atoms with van der Waals surface area (Å²) in [6.45, 7) is -0.540. The highest BCUT2D eigenvalue weighted by Gasteiger charge is 2.27. The summed E-state index contributed by atoms with van der Waals surface area (Å²) in [5.74, 6) is -4.37. The standard InChI is InChI=1S/C16H27N5O8S/c17-9(6-19-12(23)7-29-5-1-4-22)15(27)20-10(2-3-13(24)25)16(28)21-11(8-30)14(18)26/h4,9-11,30H,1-3,5-8,17H2,(H2,18,26)(H,19,23)(H,20,27)(H,21,28)(H,24,25)/t9-,10-,11-/m0/s1. The fraction of sp³-hybridized carbons (Fsp3) is 0.625. The summed E-state index contributed by atoms with van der Waals surface area (Å²) in [6, 6.07) is -3.66. The summed E-state index contributed by atoms with van der Waals surface area (Å²) in [4.78, 5) is 68.3. The zero-order valence-electron chi connectivity index (χ0n) is 16.2. The van der Waals surface area contributed by atoms with E-state index in [9.17, 15) is 28.8 Å². The Labute approximate surface area is 178 Å². The molecule has 0 aromatic rings. The van der Waals surface area contributed by atoms with Gasteiger partial charge in [-0.05, 0) is 6.42 Å². The normalized spacial score (nSPS) is 13.4. The van der Waals surface area contributed by atoms with E-state index in [4.69, 9.17) is 21.3 Å². The molecule has 0 rings (SSSR count). The van der Waals surface area contributed by atoms with E-state index < -0.39 is 54.1 Å². The number of rotatable bonds is 16. The first-order chi connectivity index (χ1) is 14.1. The molecule has 4 amide bonds. The number of ether oxygens (including phenoxy) is 1. The van der Waals surface area contributed by atoms with Crippen molar-refractivity contribution in [2.45, 2.75) is 37.4 Å². The maximum atomic E-state index is 12.3. The van der Waals surface area contributed by atoms with Crippen LogP contribution < -0.4 is 27.4 Å². The van der Waals surface area contributed by atoms with Crippen molar-refractivity contribution < 1.29 is 38.6 Å². The van der Waals surface area contributed by atoms with Gasteiger partial charge in [0, 0.05) is 25.1 Å². The van der Waals surface area contributed by atoms with E-state index in [1.54, 1.807) is 0 Å². The van der Waals surface area contributed by atoms with E-state index >= 15 is 0 Å². The first-order valence-corrected chi connectivity index (χ1v) is 9.52. The molecule has 0 saturated heterocycles. The number of nitrogens with one attached hydrogen (secondary N) is 3. The first kappa shape index (κ1) is 27.3. The van der Waals surface area contributed by atoms with Gasteiger partial charge in [0.15, 0.2) is 0 Å². The van der Waals surface area contributed by atoms with Crippen LogP contribution >= 0.6 is 12.6 Å². The van der Waals surface area contributed by atoms with Crippen LogP contribution in [0.1, 0.15) is 19.3 Å². The van der Waals surface area contributed by atoms with Crippen LogP contribution in [0.15, 0.2) is 0 Å². The fourth-order valence-corrected chi connectivity index (χ4v) is 2.23. The van der Waals surface area contributed by atoms with E-state index in [1.807, 2.05) is 0 Å². The summed E-state index contributed by atoms with van der Waals surface area (Å²) in [6.07, 6.45) is 0.0645. The molecule has 0 fully saturated rings. The second-order valence-corrected chi connectivity index (χ2v) is 6.42. The molecule has 0 spiro atoms. The number of primary amides is 1. The lowest BCUT2D eigenvalue weighted by Crippen LogP contribution is -2.57. The van der Waals surface area contributed by atoms with Crippen LogP contribution in [0.4, 0.5) is 0 Å². The molecule has 30 heavy (non-hydrogen) atoms. The summed E-state index contributed by atoms with van der Waals surface area (Å²) >= 11 is 3.88. The number of nitrogens with two attached hydrogens (primary N) is 2. The minimum Gasteiger partial charge on any atom is -0.481 e. The number of aliphatic carboxylic acids is 1. The van der Waals surface area contributed by atoms with Gasteiger partial charge in [-0.3, -0.25) is 24.0 Å². The second-order valence-electron chi connectivity index (χ2n) is 6.06. The van der Waals surface area contributed by atoms with Crippen molar-refractivity contribution in [2.75, 3.05) is 25.5 Å². The minimum atomic E-state index is -1.30. The highest BCUT2D eigenvalue weighted by atomic mass is 32.1. The summed E-state index contributed by atoms with van der Waals surface area (Å²) in [7, 11) is 0. The largest absolute Gasteiger partial charge is 0.481 e. The molecule has 0 bridgehead atoms. The molecule has 0 aliphatic rings. The lowest BCUT2D eigenvalue weighted by molar-refractivity contribution is -0.138. The van der Waals surface area contributed by atoms with Crippen LogP contribution in [0.2, 0.25) is 0 Å². The SMILES string of the molecule is NC(=O)[C@H](CS)NC(=O)[C@H](CCC(=O)O)NC(=O)[C@@H](N)CNC(=O)COCCC=O. The van der Waals surface area contributed by atoms with Crippen molar-refractivity contribution in [3.63, 3.8) is 0 Å². The molecule has 14 heteroatoms. The third kappa shape index (κ3) is 12.0. The van der Waals surface area contributed by atoms with Gasteiger partial charge in [0.25, 0.3) is 0 Å². The molecule has 13 nitrogen and oxygen atoms in total. The predicted octanol–water partition coefficient (Wildman–Crippen LogP) is -3.71. The van der Waals surface area contributed by atoms with Gasteiger partial charge in [-0.15, -0.1) is 0 Å². The Hall–Kier alpha value is -2.71. The van der Waals surface area contributed by atoms with E-state index in [-0.39, 0.29) is 38.4 Å². The smallest absolute Gasteiger partial charge is 0.303 e. The Kier molecular flexibility index (Phi) is 13.8. The molecule has 170 valence electrons. The molecule has 0 aliphatic heterocycles. The lowest BCUT2D eigenvalue weighted by Gasteiger charge is -2.22. The topological polar surface area (TPSA) is 220 Å². The summed E-state index contributed by atoms with van der Waals surface area (Å²) in [5, 5.41) is 15.7. The predicted molar refractivity (Wildman–Crippen MR) is 106 cm³/mol. The molecule has 0 saturated carbocycles. The number of carboxylic acid groups (broad SMARTS) is 1. The maximum Gasteiger partial charge on any atom is 0.303 e. The molecule has 0 aromatic carbocycles. The average Bonchev–Trinajstić information content (AvgIpc) is 2.69. The van der Waals surface area contributed by atoms with Crippen molar-refractivity contribution >= 4 is 48.5 Å². The number of carbonyl (C=O) groups excluding carboxylic acids is 5. The van der Waals surface area contributed by atoms with Crippen LogP contribution in [0.25, 0.3) is 0 Å². The lowest BCUT2D eigenvalue weighted by atomic mass is 10.1. The molecular formula is C16H27N5O8S. The highest BCUT2D eigenvalue weighted by Crippen LogP contribution is 2.01. The highest BCUT2D eigenvalue weighted by molar-refractivity contribution is 7.80. The summed E-state index contributed by atoms with van der Waals surface area (Å²) < 4.78 is 4.91. The Bertz CT molecular complexity index is 633. The fourth-order valence-electron chi connectivity index (χ4n) is 1.96. The zero-order chi connectivity index (χ0) is 23.1. The number of carbonyl (C=O) groups is 6. The van der Waals surface area contributed by atoms with Crippen LogP contribution in [0.3, 0.4) is 0 Å². The number of carboxylic acids is 1. The molecule has 0 unspecified atom stereocenters. The Balaban J connectivity index is 4.75. The maximum absolute atomic E-state index is 12.3. The quantitative estimate of drug-likeness (QED) is 0.0698. The van der Waals surface area contributed by atoms with Crippen LogP contribution in [-0.4, -0.2) is 84.6 Å². The number of aldehydes is 1. The Morgan fingerprint density at radius 2 is 1.73 bits per heavy atom. The van der Waals surface area contributed by atoms with Crippen LogP contribution in [0.5, 0.6) is 0 Å². The molecule has 0 aliphatic carbocycles. The van der Waals surface area contributed by atoms with Crippen molar-refractivity contribution in [3.05, 3.63) is 0 Å². The van der Waals surface area contributed by atoms with Gasteiger partial charge >= 0.3 is 5.97 Å². The molecule has 3 atom stereocenters. The monoisotopic (exact) mass is 449 g/mol. The van der Waals surface area contributed by atoms with E-state index in [2.05, 4.69) is 28.6 Å². The second kappa shape index (κ2) is 15.2. The van der Waals surface area contributed by atoms with Gasteiger partial charge in [0.1, 0.15) is 31.0 Å². The zero-order valence-corrected chi connectivity index (χ0v) is 17.1. The van der Waals surface area contributed by atoms with E-state index in [1.165, 1.54) is 0 Å². The van der Waals surface area contributed by atoms with Gasteiger partial charge in [-0.1, -0.05) is 0 Å². The number of thiol groups is 1. The molecule has 0 heterocycles. The van der Waals surface area contributed by atoms with Gasteiger partial charge < -0.3 is 42.1 Å². The molecule has 0 aromatic heterocycles. The Morgan fingerprint density at radius 1 is 1.10 bits per heavy atom. The number of hydrogen-bond donors (Lipinski definition) is 7. The molecule has 8 N–H and O–H groups in total. The van der Waals surface area contributed by atoms with Crippen molar-refractivity contribution in [1.29, 1.82) is 0 Å². The summed E-state index contributed by atoms with van der Waals surface area (Å²) in [5.41, 5.74) is 10.8. The van der Waals surface area contributed by atoms with E-state index in [0.29, 0.717) is 6.29 Å². The third-order valence-corrected chi connectivity index (χ3v) is 3.96. The molecule has 0 radical (unpaired) electrons. The van der Waals surface area contributed by atoms with Gasteiger partial charge in [0.2, 0.25) is 23.6 Å². The van der Waals surface area contributed by atoms with Crippen LogP contribution in [-0.2, 0) is 33.5 Å². The number of hydrogen-bond acceptors (Lipinski definition) is 9. The van der Waals surface area contributed by atoms with Crippen molar-refractivity contribution in [1.82, 2.24) is 16.0 Å². The third-order valence-electron chi connectivity index (χ3n) is 3.59.